The Balaban J connectivity index is 1.54. The molecule has 1 aliphatic carbocycles. The molecule has 2 fully saturated rings. The lowest BCUT2D eigenvalue weighted by atomic mass is 9.74. The van der Waals surface area contributed by atoms with Crippen LogP contribution in [0, 0.1) is 0 Å². The number of carbonyl (C=O) groups is 1. The topological polar surface area (TPSA) is 82.9 Å². The number of hydrogen-bond donors (Lipinski definition) is 2. The van der Waals surface area contributed by atoms with E-state index in [9.17, 15) is 4.79 Å². The van der Waals surface area contributed by atoms with E-state index in [4.69, 9.17) is 25.7 Å². The number of oxazole rings is 1. The smallest absolute Gasteiger partial charge is 0.319 e. The Morgan fingerprint density at radius 3 is 2.62 bits per heavy atom. The number of nitrogens with one attached hydrogen (secondary N) is 2. The van der Waals surface area contributed by atoms with E-state index in [1.54, 1.807) is 7.11 Å². The molecule has 0 atom stereocenters. The molecule has 2 aromatic rings. The second-order valence-electron chi connectivity index (χ2n) is 9.87. The van der Waals surface area contributed by atoms with Crippen LogP contribution in [0.1, 0.15) is 57.4 Å². The van der Waals surface area contributed by atoms with Crippen LogP contribution < -0.4 is 10.6 Å². The highest BCUT2D eigenvalue weighted by molar-refractivity contribution is 6.35. The highest BCUT2D eigenvalue weighted by Crippen LogP contribution is 2.49. The molecule has 3 heterocycles. The predicted octanol–water partition coefficient (Wildman–Crippen LogP) is 4.79. The molecule has 2 aliphatic heterocycles. The number of aromatic nitrogens is 1. The minimum absolute atomic E-state index is 0.202. The molecule has 9 heteroatoms. The maximum absolute atomic E-state index is 12.5. The van der Waals surface area contributed by atoms with Crippen molar-refractivity contribution in [1.82, 2.24) is 20.1 Å². The summed E-state index contributed by atoms with van der Waals surface area (Å²) in [6.45, 7) is 9.67. The number of benzene rings is 1. The summed E-state index contributed by atoms with van der Waals surface area (Å²) in [6.07, 6.45) is 5.03. The average molecular weight is 488 g/mol. The molecule has 5 rings (SSSR count). The molecule has 184 valence electrons. The van der Waals surface area contributed by atoms with Crippen LogP contribution in [0.5, 0.6) is 0 Å². The van der Waals surface area contributed by atoms with Gasteiger partial charge in [0.05, 0.1) is 28.6 Å². The van der Waals surface area contributed by atoms with Crippen molar-refractivity contribution in [3.63, 3.8) is 0 Å². The average Bonchev–Trinajstić information content (AvgIpc) is 3.21. The summed E-state index contributed by atoms with van der Waals surface area (Å²) in [6, 6.07) is 1.61. The van der Waals surface area contributed by atoms with Crippen LogP contribution in [-0.2, 0) is 10.3 Å². The molecule has 0 radical (unpaired) electrons. The van der Waals surface area contributed by atoms with Gasteiger partial charge in [0.25, 0.3) is 0 Å². The lowest BCUT2D eigenvalue weighted by Gasteiger charge is -2.42. The zero-order valence-corrected chi connectivity index (χ0v) is 21.1. The SMILES string of the molecule is COCCN1CCN(C(=C(C)C)c2nc3cc(Cl)c4c(c3o2)C2(CCCCC2)NC(=O)N4)CC1. The standard InChI is InChI=1S/C25H34ClN5O3/c1-16(2)21(31-11-9-30(10-12-31)13-14-33-3)23-27-18-15-17(26)20-19(22(18)34-23)25(29-24(32)28-20)7-5-4-6-8-25/h15H,4-14H2,1-3H3,(H2,28,29,32). The van der Waals surface area contributed by atoms with E-state index in [-0.39, 0.29) is 6.03 Å². The van der Waals surface area contributed by atoms with Gasteiger partial charge in [0.1, 0.15) is 5.52 Å². The Bertz CT molecular complexity index is 1110. The molecule has 1 spiro atoms. The maximum Gasteiger partial charge on any atom is 0.319 e. The number of hydrogen-bond acceptors (Lipinski definition) is 6. The number of allylic oxidation sites excluding steroid dienone is 1. The lowest BCUT2D eigenvalue weighted by Crippen LogP contribution is -2.52. The van der Waals surface area contributed by atoms with Gasteiger partial charge in [-0.25, -0.2) is 9.78 Å². The third-order valence-electron chi connectivity index (χ3n) is 7.39. The van der Waals surface area contributed by atoms with Crippen LogP contribution in [-0.4, -0.2) is 67.3 Å². The van der Waals surface area contributed by atoms with E-state index in [2.05, 4.69) is 34.3 Å². The molecular formula is C25H34ClN5O3. The number of rotatable bonds is 5. The first kappa shape index (κ1) is 23.5. The Morgan fingerprint density at radius 1 is 1.21 bits per heavy atom. The third-order valence-corrected chi connectivity index (χ3v) is 7.68. The minimum Gasteiger partial charge on any atom is -0.434 e. The van der Waals surface area contributed by atoms with Gasteiger partial charge in [-0.3, -0.25) is 4.90 Å². The van der Waals surface area contributed by atoms with E-state index >= 15 is 0 Å². The summed E-state index contributed by atoms with van der Waals surface area (Å²) in [7, 11) is 1.74. The van der Waals surface area contributed by atoms with Crippen molar-refractivity contribution in [1.29, 1.82) is 0 Å². The summed E-state index contributed by atoms with van der Waals surface area (Å²) in [4.78, 5) is 22.2. The Hall–Kier alpha value is -2.29. The highest BCUT2D eigenvalue weighted by Gasteiger charge is 2.44. The third kappa shape index (κ3) is 4.16. The molecule has 1 saturated carbocycles. The fraction of sp³-hybridized carbons (Fsp3) is 0.600. The molecule has 0 bridgehead atoms. The quantitative estimate of drug-likeness (QED) is 0.631. The number of fused-ring (bicyclic) bond motifs is 4. The first-order chi connectivity index (χ1) is 16.4. The van der Waals surface area contributed by atoms with Crippen LogP contribution in [0.4, 0.5) is 10.5 Å². The predicted molar refractivity (Wildman–Crippen MR) is 134 cm³/mol. The van der Waals surface area contributed by atoms with Crippen LogP contribution in [0.25, 0.3) is 16.8 Å². The molecule has 1 aromatic heterocycles. The van der Waals surface area contributed by atoms with E-state index in [0.717, 1.165) is 92.9 Å². The van der Waals surface area contributed by atoms with Crippen molar-refractivity contribution in [3.05, 3.63) is 28.1 Å². The molecule has 2 N–H and O–H groups in total. The van der Waals surface area contributed by atoms with Crippen LogP contribution in [0.3, 0.4) is 0 Å². The number of piperazine rings is 1. The zero-order valence-electron chi connectivity index (χ0n) is 20.3. The monoisotopic (exact) mass is 487 g/mol. The Kier molecular flexibility index (Phi) is 6.48. The van der Waals surface area contributed by atoms with Gasteiger partial charge in [-0.2, -0.15) is 0 Å². The Labute approximate surface area is 205 Å². The minimum atomic E-state index is -0.464. The second kappa shape index (κ2) is 9.40. The number of urea groups is 1. The van der Waals surface area contributed by atoms with Crippen molar-refractivity contribution in [2.24, 2.45) is 0 Å². The van der Waals surface area contributed by atoms with Gasteiger partial charge >= 0.3 is 6.03 Å². The largest absolute Gasteiger partial charge is 0.434 e. The van der Waals surface area contributed by atoms with Crippen molar-refractivity contribution in [3.8, 4) is 0 Å². The zero-order chi connectivity index (χ0) is 23.9. The van der Waals surface area contributed by atoms with Gasteiger partial charge in [0.2, 0.25) is 5.89 Å². The summed E-state index contributed by atoms with van der Waals surface area (Å²) in [5, 5.41) is 6.66. The van der Waals surface area contributed by atoms with Gasteiger partial charge < -0.3 is 24.7 Å². The molecule has 0 unspecified atom stereocenters. The maximum atomic E-state index is 12.5. The van der Waals surface area contributed by atoms with Crippen LogP contribution in [0.2, 0.25) is 5.02 Å². The molecule has 34 heavy (non-hydrogen) atoms. The van der Waals surface area contributed by atoms with E-state index in [1.165, 1.54) is 6.42 Å². The van der Waals surface area contributed by atoms with Gasteiger partial charge in [-0.15, -0.1) is 0 Å². The number of anilines is 1. The normalized spacial score (nSPS) is 20.2. The number of methoxy groups -OCH3 is 1. The van der Waals surface area contributed by atoms with Crippen LogP contribution in [0.15, 0.2) is 16.1 Å². The van der Waals surface area contributed by atoms with E-state index in [1.807, 2.05) is 6.07 Å². The molecule has 1 saturated heterocycles. The van der Waals surface area contributed by atoms with Gasteiger partial charge in [-0.1, -0.05) is 30.9 Å². The first-order valence-electron chi connectivity index (χ1n) is 12.3. The summed E-state index contributed by atoms with van der Waals surface area (Å²) in [5.41, 5.74) is 4.81. The molecule has 3 aliphatic rings. The van der Waals surface area contributed by atoms with Crippen molar-refractivity contribution in [2.75, 3.05) is 51.8 Å². The molecule has 2 amide bonds. The Morgan fingerprint density at radius 2 is 1.94 bits per heavy atom. The second-order valence-corrected chi connectivity index (χ2v) is 10.3. The molecule has 1 aromatic carbocycles. The molecular weight excluding hydrogens is 454 g/mol. The number of carbonyl (C=O) groups excluding carboxylic acids is 1. The number of amides is 2. The fourth-order valence-corrected chi connectivity index (χ4v) is 5.99. The fourth-order valence-electron chi connectivity index (χ4n) is 5.75. The lowest BCUT2D eigenvalue weighted by molar-refractivity contribution is 0.117. The van der Waals surface area contributed by atoms with E-state index in [0.29, 0.717) is 16.6 Å². The van der Waals surface area contributed by atoms with Crippen molar-refractivity contribution >= 4 is 40.1 Å². The first-order valence-corrected chi connectivity index (χ1v) is 12.7. The van der Waals surface area contributed by atoms with Gasteiger partial charge in [0.15, 0.2) is 5.58 Å². The molecule has 8 nitrogen and oxygen atoms in total. The summed E-state index contributed by atoms with van der Waals surface area (Å²) < 4.78 is 11.8. The van der Waals surface area contributed by atoms with E-state index < -0.39 is 5.54 Å². The highest BCUT2D eigenvalue weighted by atomic mass is 35.5. The van der Waals surface area contributed by atoms with Crippen molar-refractivity contribution < 1.29 is 13.9 Å². The van der Waals surface area contributed by atoms with Gasteiger partial charge in [-0.05, 0) is 38.3 Å². The number of ether oxygens (including phenoxy) is 1. The summed E-state index contributed by atoms with van der Waals surface area (Å²) >= 11 is 6.68. The number of halogens is 1. The summed E-state index contributed by atoms with van der Waals surface area (Å²) in [5.74, 6) is 0.618. The van der Waals surface area contributed by atoms with Crippen LogP contribution >= 0.6 is 11.6 Å². The van der Waals surface area contributed by atoms with Gasteiger partial charge in [0, 0.05) is 45.4 Å². The van der Waals surface area contributed by atoms with Crippen molar-refractivity contribution in [2.45, 2.75) is 51.5 Å². The number of nitrogens with zero attached hydrogens (tertiary/aromatic N) is 3.